The zero-order valence-electron chi connectivity index (χ0n) is 21.5. The van der Waals surface area contributed by atoms with E-state index in [1.165, 1.54) is 44.1 Å². The van der Waals surface area contributed by atoms with E-state index in [1.54, 1.807) is 0 Å². The molecule has 1 aliphatic rings. The fourth-order valence-electron chi connectivity index (χ4n) is 5.44. The monoisotopic (exact) mass is 466 g/mol. The van der Waals surface area contributed by atoms with Crippen LogP contribution in [0, 0.1) is 23.6 Å². The van der Waals surface area contributed by atoms with Crippen LogP contribution in [0.1, 0.15) is 99.8 Å². The van der Waals surface area contributed by atoms with Crippen molar-refractivity contribution in [3.05, 3.63) is 94.8 Å². The smallest absolute Gasteiger partial charge is 0.134 e. The molecule has 0 N–H and O–H groups in total. The number of halogens is 1. The van der Waals surface area contributed by atoms with Crippen LogP contribution in [-0.2, 0) is 6.42 Å². The van der Waals surface area contributed by atoms with Gasteiger partial charge in [-0.2, -0.15) is 0 Å². The highest BCUT2D eigenvalue weighted by Crippen LogP contribution is 2.37. The molecule has 4 rings (SSSR count). The summed E-state index contributed by atoms with van der Waals surface area (Å²) in [5.74, 6) is 8.10. The van der Waals surface area contributed by atoms with E-state index in [0.29, 0.717) is 11.3 Å². The van der Waals surface area contributed by atoms with Crippen molar-refractivity contribution in [3.63, 3.8) is 0 Å². The number of allylic oxidation sites excluding steroid dienone is 2. The highest BCUT2D eigenvalue weighted by Gasteiger charge is 2.21. The normalized spacial score (nSPS) is 18.0. The van der Waals surface area contributed by atoms with Crippen molar-refractivity contribution in [1.82, 2.24) is 0 Å². The predicted molar refractivity (Wildman–Crippen MR) is 148 cm³/mol. The van der Waals surface area contributed by atoms with Crippen molar-refractivity contribution in [1.29, 1.82) is 0 Å². The zero-order valence-corrected chi connectivity index (χ0v) is 21.5. The first-order valence-electron chi connectivity index (χ1n) is 13.6. The number of hydrogen-bond donors (Lipinski definition) is 0. The second-order valence-electron chi connectivity index (χ2n) is 10.2. The van der Waals surface area contributed by atoms with Crippen LogP contribution < -0.4 is 0 Å². The van der Waals surface area contributed by atoms with Gasteiger partial charge in [-0.05, 0) is 111 Å². The molecule has 1 aliphatic carbocycles. The first kappa shape index (κ1) is 25.2. The summed E-state index contributed by atoms with van der Waals surface area (Å²) >= 11 is 0. The molecule has 0 amide bonds. The summed E-state index contributed by atoms with van der Waals surface area (Å²) in [4.78, 5) is 0. The minimum Gasteiger partial charge on any atom is -0.206 e. The minimum atomic E-state index is -0.0690. The molecule has 0 bridgehead atoms. The maximum atomic E-state index is 14.9. The maximum Gasteiger partial charge on any atom is 0.134 e. The Labute approximate surface area is 211 Å². The Morgan fingerprint density at radius 2 is 1.63 bits per heavy atom. The fourth-order valence-corrected chi connectivity index (χ4v) is 5.44. The van der Waals surface area contributed by atoms with Gasteiger partial charge in [0, 0.05) is 16.5 Å². The van der Waals surface area contributed by atoms with Crippen LogP contribution >= 0.6 is 0 Å². The highest BCUT2D eigenvalue weighted by molar-refractivity contribution is 5.85. The van der Waals surface area contributed by atoms with Crippen LogP contribution in [0.15, 0.2) is 66.7 Å². The first-order valence-corrected chi connectivity index (χ1v) is 13.6. The molecule has 3 aromatic carbocycles. The van der Waals surface area contributed by atoms with Crippen LogP contribution in [0.4, 0.5) is 4.39 Å². The second-order valence-corrected chi connectivity index (χ2v) is 10.2. The molecule has 1 saturated carbocycles. The van der Waals surface area contributed by atoms with E-state index in [4.69, 9.17) is 0 Å². The molecule has 1 fully saturated rings. The molecule has 0 aromatic heterocycles. The van der Waals surface area contributed by atoms with Crippen LogP contribution in [0.3, 0.4) is 0 Å². The van der Waals surface area contributed by atoms with E-state index in [9.17, 15) is 4.39 Å². The van der Waals surface area contributed by atoms with Gasteiger partial charge < -0.3 is 0 Å². The Bertz CT molecular complexity index is 1180. The third-order valence-electron chi connectivity index (χ3n) is 7.64. The third-order valence-corrected chi connectivity index (χ3v) is 7.64. The van der Waals surface area contributed by atoms with Gasteiger partial charge in [0.2, 0.25) is 0 Å². The summed E-state index contributed by atoms with van der Waals surface area (Å²) in [5, 5.41) is 1.62. The third kappa shape index (κ3) is 6.85. The van der Waals surface area contributed by atoms with Crippen molar-refractivity contribution in [3.8, 4) is 11.8 Å². The van der Waals surface area contributed by atoms with E-state index < -0.39 is 0 Å². The Morgan fingerprint density at radius 3 is 2.37 bits per heavy atom. The lowest BCUT2D eigenvalue weighted by Crippen LogP contribution is -2.13. The van der Waals surface area contributed by atoms with Gasteiger partial charge >= 0.3 is 0 Å². The molecule has 0 atom stereocenters. The summed E-state index contributed by atoms with van der Waals surface area (Å²) in [6.45, 7) is 4.28. The Morgan fingerprint density at radius 1 is 0.886 bits per heavy atom. The van der Waals surface area contributed by atoms with Crippen molar-refractivity contribution in [2.45, 2.75) is 84.0 Å². The molecule has 182 valence electrons. The standard InChI is InChI=1S/C34H39F/c1-3-5-7-9-26-13-18-29(19-14-26)30-20-15-27(16-21-30)11-12-28-17-24-33-32(25-28)23-22-31(34(33)35)10-8-6-4-2/h3,5,15-17,20-26,29H,4,6-10,13-14,18-19H2,1-2H3/b5-3+. The molecule has 0 nitrogen and oxygen atoms in total. The van der Waals surface area contributed by atoms with Gasteiger partial charge in [-0.25, -0.2) is 4.39 Å². The summed E-state index contributed by atoms with van der Waals surface area (Å²) in [5.41, 5.74) is 4.24. The van der Waals surface area contributed by atoms with Gasteiger partial charge in [0.15, 0.2) is 0 Å². The van der Waals surface area contributed by atoms with Gasteiger partial charge in [-0.3, -0.25) is 0 Å². The fraction of sp³-hybridized carbons (Fsp3) is 0.412. The van der Waals surface area contributed by atoms with Gasteiger partial charge in [0.25, 0.3) is 0 Å². The Hall–Kier alpha value is -2.85. The van der Waals surface area contributed by atoms with Crippen LogP contribution in [0.5, 0.6) is 0 Å². The second kappa shape index (κ2) is 12.7. The average Bonchev–Trinajstić information content (AvgIpc) is 2.90. The van der Waals surface area contributed by atoms with Gasteiger partial charge in [-0.1, -0.05) is 74.1 Å². The first-order chi connectivity index (χ1) is 17.2. The molecular weight excluding hydrogens is 427 g/mol. The summed E-state index contributed by atoms with van der Waals surface area (Å²) in [6.07, 6.45) is 16.5. The molecule has 0 saturated heterocycles. The Kier molecular flexibility index (Phi) is 9.19. The minimum absolute atomic E-state index is 0.0690. The molecule has 1 heteroatoms. The summed E-state index contributed by atoms with van der Waals surface area (Å²) in [6, 6.07) is 18.7. The lowest BCUT2D eigenvalue weighted by molar-refractivity contribution is 0.312. The number of aryl methyl sites for hydroxylation is 1. The Balaban J connectivity index is 1.37. The maximum absolute atomic E-state index is 14.9. The van der Waals surface area contributed by atoms with E-state index in [2.05, 4.69) is 62.1 Å². The largest absolute Gasteiger partial charge is 0.206 e. The number of unbranched alkanes of at least 4 members (excludes halogenated alkanes) is 2. The predicted octanol–water partition coefficient (Wildman–Crippen LogP) is 9.74. The molecular formula is C34H39F. The molecule has 3 aromatic rings. The van der Waals surface area contributed by atoms with Crippen LogP contribution in [0.25, 0.3) is 10.8 Å². The number of fused-ring (bicyclic) bond motifs is 1. The summed E-state index contributed by atoms with van der Waals surface area (Å²) in [7, 11) is 0. The number of benzene rings is 3. The van der Waals surface area contributed by atoms with E-state index in [0.717, 1.165) is 53.7 Å². The van der Waals surface area contributed by atoms with E-state index >= 15 is 0 Å². The number of hydrogen-bond acceptors (Lipinski definition) is 0. The SMILES string of the molecule is C/C=C/CCC1CCC(c2ccc(C#Cc3ccc4c(F)c(CCCCC)ccc4c3)cc2)CC1. The van der Waals surface area contributed by atoms with Crippen molar-refractivity contribution < 1.29 is 4.39 Å². The number of rotatable bonds is 8. The van der Waals surface area contributed by atoms with Gasteiger partial charge in [-0.15, -0.1) is 0 Å². The van der Waals surface area contributed by atoms with Gasteiger partial charge in [0.05, 0.1) is 0 Å². The van der Waals surface area contributed by atoms with E-state index in [-0.39, 0.29) is 5.82 Å². The van der Waals surface area contributed by atoms with Crippen LogP contribution in [0.2, 0.25) is 0 Å². The average molecular weight is 467 g/mol. The van der Waals surface area contributed by atoms with Crippen LogP contribution in [-0.4, -0.2) is 0 Å². The molecule has 0 unspecified atom stereocenters. The summed E-state index contributed by atoms with van der Waals surface area (Å²) < 4.78 is 14.9. The molecule has 35 heavy (non-hydrogen) atoms. The van der Waals surface area contributed by atoms with Crippen molar-refractivity contribution >= 4 is 10.8 Å². The highest BCUT2D eigenvalue weighted by atomic mass is 19.1. The van der Waals surface area contributed by atoms with E-state index in [1.807, 2.05) is 30.3 Å². The lowest BCUT2D eigenvalue weighted by Gasteiger charge is -2.28. The topological polar surface area (TPSA) is 0 Å². The van der Waals surface area contributed by atoms with Crippen molar-refractivity contribution in [2.24, 2.45) is 5.92 Å². The quantitative estimate of drug-likeness (QED) is 0.176. The molecule has 0 spiro atoms. The zero-order chi connectivity index (χ0) is 24.5. The molecule has 0 aliphatic heterocycles. The lowest BCUT2D eigenvalue weighted by atomic mass is 9.77. The molecule has 0 heterocycles. The van der Waals surface area contributed by atoms with Crippen molar-refractivity contribution in [2.75, 3.05) is 0 Å². The van der Waals surface area contributed by atoms with Gasteiger partial charge in [0.1, 0.15) is 5.82 Å². The molecule has 0 radical (unpaired) electrons.